The number of carbonyl (C=O) groups is 3. The standard InChI is InChI=1S/C17H17ClN4O4S/c18-11-9-27-16-13(15(24)22(16)14(11)17(25)26)21-12(23)8-20-19-7-6-10-4-2-1-3-5-10/h1-5,7,13,16,20H,6,8-9H2,(H,21,23)(H,25,26)/b19-7+. The Kier molecular flexibility index (Phi) is 6.02. The molecule has 0 saturated carbocycles. The third-order valence-corrected chi connectivity index (χ3v) is 5.78. The zero-order valence-corrected chi connectivity index (χ0v) is 15.7. The third kappa shape index (κ3) is 4.25. The van der Waals surface area contributed by atoms with Gasteiger partial charge in [0, 0.05) is 18.4 Å². The van der Waals surface area contributed by atoms with E-state index in [1.54, 1.807) is 6.21 Å². The van der Waals surface area contributed by atoms with Gasteiger partial charge in [0.25, 0.3) is 5.91 Å². The first-order chi connectivity index (χ1) is 13.0. The molecule has 0 bridgehead atoms. The van der Waals surface area contributed by atoms with Gasteiger partial charge in [0.05, 0.1) is 5.03 Å². The van der Waals surface area contributed by atoms with E-state index in [2.05, 4.69) is 15.8 Å². The third-order valence-electron chi connectivity index (χ3n) is 4.03. The fourth-order valence-electron chi connectivity index (χ4n) is 2.75. The second-order valence-corrected chi connectivity index (χ2v) is 7.41. The van der Waals surface area contributed by atoms with Crippen LogP contribution in [0.5, 0.6) is 0 Å². The van der Waals surface area contributed by atoms with Gasteiger partial charge in [0.2, 0.25) is 5.91 Å². The minimum Gasteiger partial charge on any atom is -0.477 e. The lowest BCUT2D eigenvalue weighted by Crippen LogP contribution is -2.70. The number of rotatable bonds is 7. The molecule has 1 aromatic rings. The van der Waals surface area contributed by atoms with Crippen molar-refractivity contribution in [2.75, 3.05) is 12.3 Å². The first-order valence-electron chi connectivity index (χ1n) is 8.13. The number of nitrogens with one attached hydrogen (secondary N) is 2. The van der Waals surface area contributed by atoms with Crippen LogP contribution in [0, 0.1) is 0 Å². The average Bonchev–Trinajstić information content (AvgIpc) is 2.66. The van der Waals surface area contributed by atoms with Gasteiger partial charge in [-0.25, -0.2) is 4.79 Å². The molecular weight excluding hydrogens is 392 g/mol. The fraction of sp³-hybridized carbons (Fsp3) is 0.294. The van der Waals surface area contributed by atoms with E-state index in [0.29, 0.717) is 6.42 Å². The number of hydrazone groups is 1. The number of halogens is 1. The van der Waals surface area contributed by atoms with Crippen LogP contribution in [-0.4, -0.2) is 57.7 Å². The molecule has 2 unspecified atom stereocenters. The Morgan fingerprint density at radius 2 is 2.11 bits per heavy atom. The number of aliphatic carboxylic acids is 1. The van der Waals surface area contributed by atoms with Crippen molar-refractivity contribution in [2.45, 2.75) is 17.8 Å². The maximum atomic E-state index is 12.2. The van der Waals surface area contributed by atoms with E-state index in [1.807, 2.05) is 30.3 Å². The van der Waals surface area contributed by atoms with Gasteiger partial charge in [0.15, 0.2) is 0 Å². The van der Waals surface area contributed by atoms with Crippen LogP contribution in [0.3, 0.4) is 0 Å². The molecule has 2 heterocycles. The molecule has 2 amide bonds. The normalized spacial score (nSPS) is 21.7. The molecule has 1 saturated heterocycles. The highest BCUT2D eigenvalue weighted by molar-refractivity contribution is 8.00. The molecule has 0 spiro atoms. The van der Waals surface area contributed by atoms with Crippen molar-refractivity contribution >= 4 is 47.4 Å². The molecule has 1 fully saturated rings. The molecule has 0 radical (unpaired) electrons. The van der Waals surface area contributed by atoms with Crippen molar-refractivity contribution in [3.05, 3.63) is 46.6 Å². The summed E-state index contributed by atoms with van der Waals surface area (Å²) in [5, 5.41) is 15.4. The van der Waals surface area contributed by atoms with E-state index in [0.717, 1.165) is 10.5 Å². The Bertz CT molecular complexity index is 814. The lowest BCUT2D eigenvalue weighted by atomic mass is 10.1. The SMILES string of the molecule is O=C(CN/N=C/Cc1ccccc1)NC1C(=O)N2C(C(=O)O)=C(Cl)CSC12. The van der Waals surface area contributed by atoms with E-state index >= 15 is 0 Å². The number of carboxylic acid groups (broad SMARTS) is 1. The Balaban J connectivity index is 1.46. The first-order valence-corrected chi connectivity index (χ1v) is 9.56. The van der Waals surface area contributed by atoms with E-state index < -0.39 is 29.2 Å². The second-order valence-electron chi connectivity index (χ2n) is 5.85. The number of benzene rings is 1. The van der Waals surface area contributed by atoms with Crippen molar-refractivity contribution in [3.63, 3.8) is 0 Å². The number of nitrogens with zero attached hydrogens (tertiary/aromatic N) is 2. The fourth-order valence-corrected chi connectivity index (χ4v) is 4.30. The maximum Gasteiger partial charge on any atom is 0.353 e. The summed E-state index contributed by atoms with van der Waals surface area (Å²) >= 11 is 7.22. The summed E-state index contributed by atoms with van der Waals surface area (Å²) in [4.78, 5) is 36.6. The van der Waals surface area contributed by atoms with E-state index in [-0.39, 0.29) is 23.0 Å². The zero-order valence-electron chi connectivity index (χ0n) is 14.1. The number of carbonyl (C=O) groups excluding carboxylic acids is 2. The zero-order chi connectivity index (χ0) is 19.4. The van der Waals surface area contributed by atoms with Crippen LogP contribution < -0.4 is 10.7 Å². The van der Waals surface area contributed by atoms with Gasteiger partial charge in [-0.3, -0.25) is 14.5 Å². The molecule has 8 nitrogen and oxygen atoms in total. The Morgan fingerprint density at radius 3 is 2.81 bits per heavy atom. The van der Waals surface area contributed by atoms with Crippen molar-refractivity contribution in [1.29, 1.82) is 0 Å². The number of β-lactam (4-membered cyclic amide) rings is 1. The molecule has 2 aliphatic rings. The van der Waals surface area contributed by atoms with E-state index in [1.165, 1.54) is 11.8 Å². The van der Waals surface area contributed by atoms with Gasteiger partial charge < -0.3 is 15.8 Å². The minimum absolute atomic E-state index is 0.0885. The molecule has 142 valence electrons. The minimum atomic E-state index is -1.25. The average molecular weight is 409 g/mol. The molecule has 2 aliphatic heterocycles. The van der Waals surface area contributed by atoms with Crippen LogP contribution in [-0.2, 0) is 20.8 Å². The van der Waals surface area contributed by atoms with Crippen LogP contribution in [0.25, 0.3) is 0 Å². The van der Waals surface area contributed by atoms with Gasteiger partial charge in [0.1, 0.15) is 23.7 Å². The number of fused-ring (bicyclic) bond motifs is 1. The Hall–Kier alpha value is -2.52. The van der Waals surface area contributed by atoms with Crippen molar-refractivity contribution in [3.8, 4) is 0 Å². The van der Waals surface area contributed by atoms with Gasteiger partial charge in [-0.2, -0.15) is 5.10 Å². The quantitative estimate of drug-likeness (QED) is 0.348. The van der Waals surface area contributed by atoms with Crippen LogP contribution in [0.15, 0.2) is 46.2 Å². The summed E-state index contributed by atoms with van der Waals surface area (Å²) in [7, 11) is 0. The number of hydrogen-bond donors (Lipinski definition) is 3. The number of amides is 2. The van der Waals surface area contributed by atoms with Crippen LogP contribution in [0.1, 0.15) is 5.56 Å². The van der Waals surface area contributed by atoms with Crippen LogP contribution in [0.2, 0.25) is 0 Å². The summed E-state index contributed by atoms with van der Waals surface area (Å²) < 4.78 is 0. The lowest BCUT2D eigenvalue weighted by molar-refractivity contribution is -0.150. The molecule has 10 heteroatoms. The molecular formula is C17H17ClN4O4S. The van der Waals surface area contributed by atoms with Crippen molar-refractivity contribution in [2.24, 2.45) is 5.10 Å². The smallest absolute Gasteiger partial charge is 0.353 e. The molecule has 3 rings (SSSR count). The van der Waals surface area contributed by atoms with Crippen LogP contribution >= 0.6 is 23.4 Å². The van der Waals surface area contributed by atoms with E-state index in [4.69, 9.17) is 11.6 Å². The molecule has 2 atom stereocenters. The molecule has 0 aliphatic carbocycles. The highest BCUT2D eigenvalue weighted by Gasteiger charge is 2.54. The molecule has 0 aromatic heterocycles. The van der Waals surface area contributed by atoms with Crippen molar-refractivity contribution < 1.29 is 19.5 Å². The monoisotopic (exact) mass is 408 g/mol. The summed E-state index contributed by atoms with van der Waals surface area (Å²) in [5.74, 6) is -1.85. The van der Waals surface area contributed by atoms with Crippen molar-refractivity contribution in [1.82, 2.24) is 15.6 Å². The van der Waals surface area contributed by atoms with Gasteiger partial charge >= 0.3 is 5.97 Å². The second kappa shape index (κ2) is 8.45. The van der Waals surface area contributed by atoms with Gasteiger partial charge in [-0.1, -0.05) is 41.9 Å². The van der Waals surface area contributed by atoms with Gasteiger partial charge in [-0.15, -0.1) is 11.8 Å². The Morgan fingerprint density at radius 1 is 1.37 bits per heavy atom. The summed E-state index contributed by atoms with van der Waals surface area (Å²) in [6, 6.07) is 8.98. The number of hydrogen-bond acceptors (Lipinski definition) is 6. The largest absolute Gasteiger partial charge is 0.477 e. The molecule has 27 heavy (non-hydrogen) atoms. The maximum absolute atomic E-state index is 12.2. The number of thioether (sulfide) groups is 1. The predicted molar refractivity (Wildman–Crippen MR) is 102 cm³/mol. The molecule has 1 aromatic carbocycles. The predicted octanol–water partition coefficient (Wildman–Crippen LogP) is 0.739. The number of carboxylic acids is 1. The summed E-state index contributed by atoms with van der Waals surface area (Å²) in [6.45, 7) is -0.0885. The van der Waals surface area contributed by atoms with Crippen LogP contribution in [0.4, 0.5) is 0 Å². The first kappa shape index (κ1) is 19.2. The summed E-state index contributed by atoms with van der Waals surface area (Å²) in [5.41, 5.74) is 3.52. The van der Waals surface area contributed by atoms with E-state index in [9.17, 15) is 19.5 Å². The topological polar surface area (TPSA) is 111 Å². The summed E-state index contributed by atoms with van der Waals surface area (Å²) in [6.07, 6.45) is 2.29. The highest BCUT2D eigenvalue weighted by Crippen LogP contribution is 2.41. The lowest BCUT2D eigenvalue weighted by Gasteiger charge is -2.48. The van der Waals surface area contributed by atoms with Gasteiger partial charge in [-0.05, 0) is 5.56 Å². The highest BCUT2D eigenvalue weighted by atomic mass is 35.5. The molecule has 3 N–H and O–H groups in total. The Labute approximate surface area is 164 Å².